The lowest BCUT2D eigenvalue weighted by Gasteiger charge is -2.47. The van der Waals surface area contributed by atoms with Crippen molar-refractivity contribution in [1.82, 2.24) is 0 Å². The normalized spacial score (nSPS) is 27.9. The van der Waals surface area contributed by atoms with E-state index in [2.05, 4.69) is 0 Å². The molecule has 2 saturated heterocycles. The third kappa shape index (κ3) is 7.60. The zero-order chi connectivity index (χ0) is 25.2. The molecule has 0 aromatic heterocycles. The number of carbonyl (C=O) groups excluding carboxylic acids is 1. The van der Waals surface area contributed by atoms with E-state index < -0.39 is 30.9 Å². The van der Waals surface area contributed by atoms with Crippen molar-refractivity contribution in [2.45, 2.75) is 37.8 Å². The predicted octanol–water partition coefficient (Wildman–Crippen LogP) is 3.45. The highest BCUT2D eigenvalue weighted by atomic mass is 32.2. The van der Waals surface area contributed by atoms with Crippen LogP contribution >= 0.6 is 11.8 Å². The smallest absolute Gasteiger partial charge is 0.219 e. The molecule has 0 radical (unpaired) electrons. The third-order valence-corrected chi connectivity index (χ3v) is 6.97. The first-order valence-corrected chi connectivity index (χ1v) is 13.3. The number of rotatable bonds is 12. The Hall–Kier alpha value is -1.82. The molecule has 6 atom stereocenters. The maximum absolute atomic E-state index is 12.0. The molecule has 2 aromatic rings. The van der Waals surface area contributed by atoms with Crippen molar-refractivity contribution in [2.24, 2.45) is 5.92 Å². The fourth-order valence-corrected chi connectivity index (χ4v) is 4.78. The van der Waals surface area contributed by atoms with Gasteiger partial charge in [-0.1, -0.05) is 79.3 Å². The molecule has 4 rings (SSSR count). The van der Waals surface area contributed by atoms with Gasteiger partial charge in [-0.25, -0.2) is 0 Å². The SMILES string of the molecule is CC1[C@H](OCCOCCOCCSC(=O)c2ccccc2)OC2COC(c3ccccc3)O[C@@H]2[C@@H]1O. The van der Waals surface area contributed by atoms with Crippen LogP contribution in [0, 0.1) is 5.92 Å². The van der Waals surface area contributed by atoms with Crippen LogP contribution in [0.1, 0.15) is 29.1 Å². The Bertz CT molecular complexity index is 913. The Balaban J connectivity index is 1.06. The highest BCUT2D eigenvalue weighted by Gasteiger charge is 2.48. The van der Waals surface area contributed by atoms with Crippen LogP contribution in [-0.2, 0) is 28.4 Å². The lowest BCUT2D eigenvalue weighted by atomic mass is 9.91. The molecule has 9 heteroatoms. The van der Waals surface area contributed by atoms with E-state index in [0.29, 0.717) is 51.0 Å². The lowest BCUT2D eigenvalue weighted by molar-refractivity contribution is -0.352. The van der Waals surface area contributed by atoms with Crippen molar-refractivity contribution in [3.05, 3.63) is 71.8 Å². The van der Waals surface area contributed by atoms with Gasteiger partial charge in [-0.3, -0.25) is 4.79 Å². The van der Waals surface area contributed by atoms with Crippen LogP contribution in [0.15, 0.2) is 60.7 Å². The molecule has 196 valence electrons. The van der Waals surface area contributed by atoms with Gasteiger partial charge in [-0.2, -0.15) is 0 Å². The van der Waals surface area contributed by atoms with Crippen LogP contribution in [0.5, 0.6) is 0 Å². The summed E-state index contributed by atoms with van der Waals surface area (Å²) in [5.74, 6) is 0.331. The predicted molar refractivity (Wildman–Crippen MR) is 135 cm³/mol. The second kappa shape index (κ2) is 14.2. The summed E-state index contributed by atoms with van der Waals surface area (Å²) in [5.41, 5.74) is 1.61. The molecule has 36 heavy (non-hydrogen) atoms. The number of fused-ring (bicyclic) bond motifs is 1. The number of benzene rings is 2. The van der Waals surface area contributed by atoms with Gasteiger partial charge in [0.15, 0.2) is 12.6 Å². The molecule has 0 saturated carbocycles. The number of aliphatic hydroxyl groups is 1. The van der Waals surface area contributed by atoms with E-state index in [0.717, 1.165) is 5.56 Å². The maximum Gasteiger partial charge on any atom is 0.219 e. The average molecular weight is 519 g/mol. The highest BCUT2D eigenvalue weighted by Crippen LogP contribution is 2.36. The van der Waals surface area contributed by atoms with Crippen molar-refractivity contribution in [3.8, 4) is 0 Å². The minimum Gasteiger partial charge on any atom is -0.390 e. The molecule has 0 spiro atoms. The average Bonchev–Trinajstić information content (AvgIpc) is 2.93. The largest absolute Gasteiger partial charge is 0.390 e. The van der Waals surface area contributed by atoms with Crippen LogP contribution < -0.4 is 0 Å². The number of ether oxygens (including phenoxy) is 6. The van der Waals surface area contributed by atoms with Gasteiger partial charge in [0.25, 0.3) is 0 Å². The maximum atomic E-state index is 12.0. The third-order valence-electron chi connectivity index (χ3n) is 6.10. The Morgan fingerprint density at radius 3 is 2.36 bits per heavy atom. The molecule has 0 bridgehead atoms. The Morgan fingerprint density at radius 2 is 1.61 bits per heavy atom. The lowest BCUT2D eigenvalue weighted by Crippen LogP contribution is -2.59. The molecule has 2 fully saturated rings. The second-order valence-corrected chi connectivity index (χ2v) is 9.73. The number of thioether (sulfide) groups is 1. The molecule has 2 heterocycles. The van der Waals surface area contributed by atoms with Crippen molar-refractivity contribution in [1.29, 1.82) is 0 Å². The topological polar surface area (TPSA) is 92.7 Å². The van der Waals surface area contributed by atoms with Gasteiger partial charge < -0.3 is 33.5 Å². The first-order valence-electron chi connectivity index (χ1n) is 12.3. The number of hydrogen-bond acceptors (Lipinski definition) is 9. The molecule has 2 aliphatic heterocycles. The van der Waals surface area contributed by atoms with E-state index in [1.54, 1.807) is 0 Å². The quantitative estimate of drug-likeness (QED) is 0.424. The molecule has 8 nitrogen and oxygen atoms in total. The molecular formula is C27H34O8S. The van der Waals surface area contributed by atoms with Gasteiger partial charge in [0.2, 0.25) is 5.12 Å². The summed E-state index contributed by atoms with van der Waals surface area (Å²) in [6.45, 7) is 4.26. The van der Waals surface area contributed by atoms with E-state index >= 15 is 0 Å². The minimum atomic E-state index is -0.732. The van der Waals surface area contributed by atoms with Crippen LogP contribution in [0.3, 0.4) is 0 Å². The van der Waals surface area contributed by atoms with Crippen LogP contribution in [0.25, 0.3) is 0 Å². The monoisotopic (exact) mass is 518 g/mol. The summed E-state index contributed by atoms with van der Waals surface area (Å²) >= 11 is 1.25. The number of aliphatic hydroxyl groups excluding tert-OH is 1. The summed E-state index contributed by atoms with van der Waals surface area (Å²) in [6.07, 6.45) is -2.70. The molecule has 1 N–H and O–H groups in total. The van der Waals surface area contributed by atoms with Crippen molar-refractivity contribution >= 4 is 16.9 Å². The van der Waals surface area contributed by atoms with E-state index in [4.69, 9.17) is 28.4 Å². The fourth-order valence-electron chi connectivity index (χ4n) is 4.09. The molecule has 2 aromatic carbocycles. The zero-order valence-corrected chi connectivity index (χ0v) is 21.2. The summed E-state index contributed by atoms with van der Waals surface area (Å²) < 4.78 is 34.8. The fraction of sp³-hybridized carbons (Fsp3) is 0.519. The van der Waals surface area contributed by atoms with E-state index in [-0.39, 0.29) is 11.0 Å². The van der Waals surface area contributed by atoms with Crippen molar-refractivity contribution in [2.75, 3.05) is 45.4 Å². The van der Waals surface area contributed by atoms with E-state index in [1.807, 2.05) is 67.6 Å². The van der Waals surface area contributed by atoms with Gasteiger partial charge in [0, 0.05) is 22.8 Å². The summed E-state index contributed by atoms with van der Waals surface area (Å²) in [7, 11) is 0. The first-order chi connectivity index (χ1) is 17.6. The second-order valence-electron chi connectivity index (χ2n) is 8.67. The molecule has 0 aliphatic carbocycles. The molecule has 0 amide bonds. The standard InChI is InChI=1S/C27H34O8S/c1-19-23(28)24-22(18-33-27(35-24)21-10-6-3-7-11-21)34-26(19)32-15-14-30-12-13-31-16-17-36-25(29)20-8-4-2-5-9-20/h2-11,19,22-24,26-28H,12-18H2,1H3/t19?,22?,23-,24+,26-,27?/m1/s1. The minimum absolute atomic E-state index is 0.0468. The van der Waals surface area contributed by atoms with Crippen LogP contribution in [-0.4, -0.2) is 80.2 Å². The van der Waals surface area contributed by atoms with Gasteiger partial charge in [0.05, 0.1) is 45.7 Å². The van der Waals surface area contributed by atoms with Gasteiger partial charge in [0.1, 0.15) is 12.2 Å². The van der Waals surface area contributed by atoms with E-state index in [1.165, 1.54) is 11.8 Å². The molecular weight excluding hydrogens is 484 g/mol. The van der Waals surface area contributed by atoms with Crippen molar-refractivity contribution in [3.63, 3.8) is 0 Å². The van der Waals surface area contributed by atoms with Crippen LogP contribution in [0.2, 0.25) is 0 Å². The Morgan fingerprint density at radius 1 is 0.944 bits per heavy atom. The zero-order valence-electron chi connectivity index (χ0n) is 20.4. The summed E-state index contributed by atoms with van der Waals surface area (Å²) in [4.78, 5) is 12.0. The number of hydrogen-bond donors (Lipinski definition) is 1. The molecule has 2 aliphatic rings. The van der Waals surface area contributed by atoms with Crippen LogP contribution in [0.4, 0.5) is 0 Å². The van der Waals surface area contributed by atoms with Gasteiger partial charge in [-0.05, 0) is 0 Å². The van der Waals surface area contributed by atoms with E-state index in [9.17, 15) is 9.90 Å². The Kier molecular flexibility index (Phi) is 10.7. The Labute approximate surface area is 216 Å². The van der Waals surface area contributed by atoms with Gasteiger partial charge in [-0.15, -0.1) is 0 Å². The van der Waals surface area contributed by atoms with Gasteiger partial charge >= 0.3 is 0 Å². The molecule has 3 unspecified atom stereocenters. The van der Waals surface area contributed by atoms with Crippen molar-refractivity contribution < 1.29 is 38.3 Å². The first kappa shape index (κ1) is 27.2. The highest BCUT2D eigenvalue weighted by molar-refractivity contribution is 8.14. The summed E-state index contributed by atoms with van der Waals surface area (Å²) in [5, 5.41) is 10.9. The summed E-state index contributed by atoms with van der Waals surface area (Å²) in [6, 6.07) is 18.9. The number of carbonyl (C=O) groups is 1.